The molecule has 0 aromatic heterocycles. The largest absolute Gasteiger partial charge is 0.478 e. The summed E-state index contributed by atoms with van der Waals surface area (Å²) < 4.78 is 12.8. The number of aromatic carboxylic acids is 1. The van der Waals surface area contributed by atoms with Gasteiger partial charge in [0.25, 0.3) is 0 Å². The summed E-state index contributed by atoms with van der Waals surface area (Å²) in [5.41, 5.74) is 0.173. The summed E-state index contributed by atoms with van der Waals surface area (Å²) in [7, 11) is 0. The molecule has 0 spiro atoms. The van der Waals surface area contributed by atoms with Crippen LogP contribution in [0.5, 0.6) is 0 Å². The fourth-order valence-corrected chi connectivity index (χ4v) is 1.02. The Kier molecular flexibility index (Phi) is 3.55. The number of hydrogen-bond acceptors (Lipinski definition) is 2. The number of thiol groups is 1. The molecule has 1 aromatic carbocycles. The first-order valence-corrected chi connectivity index (χ1v) is 4.41. The second-order valence-electron chi connectivity index (χ2n) is 2.45. The number of halogens is 1. The third-order valence-electron chi connectivity index (χ3n) is 1.51. The Bertz CT molecular complexity index is 418. The van der Waals surface area contributed by atoms with Crippen LogP contribution in [0.25, 0.3) is 0 Å². The number of carboxylic acids is 1. The normalized spacial score (nSPS) is 9.00. The molecule has 0 atom stereocenters. The van der Waals surface area contributed by atoms with Crippen LogP contribution in [-0.4, -0.2) is 16.8 Å². The van der Waals surface area contributed by atoms with Crippen molar-refractivity contribution in [2.75, 3.05) is 5.75 Å². The van der Waals surface area contributed by atoms with E-state index in [4.69, 9.17) is 5.11 Å². The zero-order valence-electron chi connectivity index (χ0n) is 7.12. The molecule has 0 radical (unpaired) electrons. The minimum atomic E-state index is -1.12. The van der Waals surface area contributed by atoms with E-state index >= 15 is 0 Å². The van der Waals surface area contributed by atoms with E-state index in [0.29, 0.717) is 5.75 Å². The highest BCUT2D eigenvalue weighted by Gasteiger charge is 2.08. The lowest BCUT2D eigenvalue weighted by molar-refractivity contribution is 0.0696. The molecule has 1 N–H and O–H groups in total. The number of carbonyl (C=O) groups is 1. The van der Waals surface area contributed by atoms with Crippen molar-refractivity contribution in [1.82, 2.24) is 0 Å². The van der Waals surface area contributed by atoms with E-state index in [2.05, 4.69) is 24.5 Å². The first kappa shape index (κ1) is 10.6. The zero-order valence-corrected chi connectivity index (χ0v) is 8.01. The van der Waals surface area contributed by atoms with Crippen LogP contribution in [0.4, 0.5) is 4.39 Å². The number of rotatable bonds is 1. The van der Waals surface area contributed by atoms with Crippen LogP contribution in [-0.2, 0) is 0 Å². The van der Waals surface area contributed by atoms with Crippen LogP contribution in [0, 0.1) is 17.7 Å². The van der Waals surface area contributed by atoms with Gasteiger partial charge in [-0.25, -0.2) is 9.18 Å². The van der Waals surface area contributed by atoms with Crippen LogP contribution >= 0.6 is 12.6 Å². The number of benzene rings is 1. The van der Waals surface area contributed by atoms with Gasteiger partial charge in [-0.3, -0.25) is 0 Å². The summed E-state index contributed by atoms with van der Waals surface area (Å²) in [6.07, 6.45) is 0. The van der Waals surface area contributed by atoms with Crippen molar-refractivity contribution >= 4 is 18.6 Å². The second-order valence-corrected chi connectivity index (χ2v) is 2.77. The molecular weight excluding hydrogens is 203 g/mol. The maximum Gasteiger partial charge on any atom is 0.336 e. The zero-order chi connectivity index (χ0) is 10.6. The first-order chi connectivity index (χ1) is 6.65. The van der Waals surface area contributed by atoms with Gasteiger partial charge < -0.3 is 5.11 Å². The van der Waals surface area contributed by atoms with Gasteiger partial charge >= 0.3 is 5.97 Å². The molecular formula is C10H7FO2S. The maximum atomic E-state index is 12.8. The molecule has 72 valence electrons. The molecule has 2 nitrogen and oxygen atoms in total. The summed E-state index contributed by atoms with van der Waals surface area (Å²) >= 11 is 3.85. The molecule has 0 aliphatic heterocycles. The van der Waals surface area contributed by atoms with Gasteiger partial charge in [-0.15, -0.1) is 0 Å². The first-order valence-electron chi connectivity index (χ1n) is 3.77. The van der Waals surface area contributed by atoms with Gasteiger partial charge in [0.15, 0.2) is 0 Å². The lowest BCUT2D eigenvalue weighted by atomic mass is 10.1. The molecule has 1 rings (SSSR count). The van der Waals surface area contributed by atoms with Gasteiger partial charge in [0, 0.05) is 5.56 Å². The van der Waals surface area contributed by atoms with E-state index in [-0.39, 0.29) is 11.1 Å². The Morgan fingerprint density at radius 2 is 2.29 bits per heavy atom. The molecule has 0 fully saturated rings. The average molecular weight is 210 g/mol. The summed E-state index contributed by atoms with van der Waals surface area (Å²) in [4.78, 5) is 10.7. The van der Waals surface area contributed by atoms with Crippen molar-refractivity contribution in [2.24, 2.45) is 0 Å². The van der Waals surface area contributed by atoms with Crippen LogP contribution in [0.15, 0.2) is 18.2 Å². The number of carboxylic acid groups (broad SMARTS) is 1. The van der Waals surface area contributed by atoms with E-state index in [1.165, 1.54) is 6.07 Å². The van der Waals surface area contributed by atoms with E-state index in [1.54, 1.807) is 0 Å². The summed E-state index contributed by atoms with van der Waals surface area (Å²) in [5.74, 6) is 3.79. The molecule has 0 heterocycles. The van der Waals surface area contributed by atoms with Crippen molar-refractivity contribution in [1.29, 1.82) is 0 Å². The highest BCUT2D eigenvalue weighted by atomic mass is 32.1. The average Bonchev–Trinajstić information content (AvgIpc) is 2.14. The molecule has 0 aliphatic rings. The summed E-state index contributed by atoms with van der Waals surface area (Å²) in [6.45, 7) is 0. The number of hydrogen-bond donors (Lipinski definition) is 2. The fraction of sp³-hybridized carbons (Fsp3) is 0.100. The van der Waals surface area contributed by atoms with Crippen LogP contribution in [0.1, 0.15) is 15.9 Å². The van der Waals surface area contributed by atoms with Crippen LogP contribution in [0.3, 0.4) is 0 Å². The van der Waals surface area contributed by atoms with Gasteiger partial charge in [0.05, 0.1) is 11.3 Å². The van der Waals surface area contributed by atoms with Crippen molar-refractivity contribution in [3.63, 3.8) is 0 Å². The Morgan fingerprint density at radius 1 is 1.57 bits per heavy atom. The highest BCUT2D eigenvalue weighted by molar-refractivity contribution is 7.80. The Balaban J connectivity index is 3.22. The van der Waals surface area contributed by atoms with Crippen molar-refractivity contribution in [3.05, 3.63) is 35.1 Å². The van der Waals surface area contributed by atoms with Gasteiger partial charge in [0.2, 0.25) is 0 Å². The SMILES string of the molecule is O=C(O)c1ccc(F)cc1C#CCS. The van der Waals surface area contributed by atoms with Gasteiger partial charge in [0.1, 0.15) is 5.82 Å². The maximum absolute atomic E-state index is 12.8. The minimum absolute atomic E-state index is 0.000633. The Morgan fingerprint density at radius 3 is 2.86 bits per heavy atom. The molecule has 14 heavy (non-hydrogen) atoms. The lowest BCUT2D eigenvalue weighted by Gasteiger charge is -1.98. The predicted octanol–water partition coefficient (Wildman–Crippen LogP) is 1.81. The molecule has 0 saturated carbocycles. The van der Waals surface area contributed by atoms with Gasteiger partial charge in [-0.1, -0.05) is 11.8 Å². The molecule has 0 aliphatic carbocycles. The predicted molar refractivity (Wildman–Crippen MR) is 54.1 cm³/mol. The molecule has 0 saturated heterocycles. The highest BCUT2D eigenvalue weighted by Crippen LogP contribution is 2.10. The third kappa shape index (κ3) is 2.51. The molecule has 0 unspecified atom stereocenters. The quantitative estimate of drug-likeness (QED) is 0.548. The summed E-state index contributed by atoms with van der Waals surface area (Å²) in [6, 6.07) is 3.38. The molecule has 0 bridgehead atoms. The van der Waals surface area contributed by atoms with Crippen LogP contribution < -0.4 is 0 Å². The van der Waals surface area contributed by atoms with Gasteiger partial charge in [-0.05, 0) is 18.2 Å². The Labute approximate surface area is 86.2 Å². The van der Waals surface area contributed by atoms with Gasteiger partial charge in [-0.2, -0.15) is 12.6 Å². The standard InChI is InChI=1S/C10H7FO2S/c11-8-3-4-9(10(12)13)7(6-8)2-1-5-14/h3-4,6,14H,5H2,(H,12,13). The third-order valence-corrected chi connectivity index (χ3v) is 1.67. The molecule has 1 aromatic rings. The summed E-state index contributed by atoms with van der Waals surface area (Å²) in [5, 5.41) is 8.75. The fourth-order valence-electron chi connectivity index (χ4n) is 0.941. The topological polar surface area (TPSA) is 37.3 Å². The van der Waals surface area contributed by atoms with E-state index in [1.807, 2.05) is 0 Å². The Hall–Kier alpha value is -1.47. The van der Waals surface area contributed by atoms with Crippen molar-refractivity contribution in [3.8, 4) is 11.8 Å². The van der Waals surface area contributed by atoms with Crippen molar-refractivity contribution < 1.29 is 14.3 Å². The minimum Gasteiger partial charge on any atom is -0.478 e. The monoisotopic (exact) mass is 210 g/mol. The van der Waals surface area contributed by atoms with E-state index in [9.17, 15) is 9.18 Å². The van der Waals surface area contributed by atoms with Crippen molar-refractivity contribution in [2.45, 2.75) is 0 Å². The lowest BCUT2D eigenvalue weighted by Crippen LogP contribution is -2.00. The smallest absolute Gasteiger partial charge is 0.336 e. The molecule has 0 amide bonds. The van der Waals surface area contributed by atoms with E-state index < -0.39 is 11.8 Å². The second kappa shape index (κ2) is 4.68. The van der Waals surface area contributed by atoms with Crippen LogP contribution in [0.2, 0.25) is 0 Å². The molecule has 4 heteroatoms. The van der Waals surface area contributed by atoms with E-state index in [0.717, 1.165) is 12.1 Å².